The van der Waals surface area contributed by atoms with Crippen LogP contribution in [0.3, 0.4) is 0 Å². The van der Waals surface area contributed by atoms with Crippen LogP contribution in [-0.2, 0) is 0 Å². The predicted molar refractivity (Wildman–Crippen MR) is 102 cm³/mol. The van der Waals surface area contributed by atoms with Gasteiger partial charge < -0.3 is 14.8 Å². The van der Waals surface area contributed by atoms with Gasteiger partial charge in [0.05, 0.1) is 22.8 Å². The van der Waals surface area contributed by atoms with Gasteiger partial charge in [0.25, 0.3) is 5.69 Å². The lowest BCUT2D eigenvalue weighted by Gasteiger charge is -2.12. The summed E-state index contributed by atoms with van der Waals surface area (Å²) in [4.78, 5) is 10.7. The average Bonchev–Trinajstić information content (AvgIpc) is 3.05. The molecule has 8 nitrogen and oxygen atoms in total. The molecule has 1 aliphatic heterocycles. The number of para-hydroxylation sites is 1. The molecule has 0 saturated carbocycles. The van der Waals surface area contributed by atoms with Gasteiger partial charge in [0.1, 0.15) is 0 Å². The highest BCUT2D eigenvalue weighted by Gasteiger charge is 2.22. The van der Waals surface area contributed by atoms with E-state index in [9.17, 15) is 10.1 Å². The first-order chi connectivity index (χ1) is 12.5. The fourth-order valence-electron chi connectivity index (χ4n) is 2.52. The molecule has 3 rings (SSSR count). The molecule has 2 aromatic carbocycles. The van der Waals surface area contributed by atoms with Gasteiger partial charge in [0.2, 0.25) is 6.79 Å². The molecule has 2 aromatic rings. The molecule has 0 aliphatic carbocycles. The van der Waals surface area contributed by atoms with Crippen molar-refractivity contribution < 1.29 is 14.4 Å². The lowest BCUT2D eigenvalue weighted by atomic mass is 10.1. The van der Waals surface area contributed by atoms with Crippen molar-refractivity contribution >= 4 is 34.9 Å². The minimum absolute atomic E-state index is 0.0368. The van der Waals surface area contributed by atoms with E-state index in [2.05, 4.69) is 15.8 Å². The molecule has 9 heteroatoms. The average molecular weight is 372 g/mol. The van der Waals surface area contributed by atoms with Crippen LogP contribution < -0.4 is 20.2 Å². The number of hydrogen-bond donors (Lipinski definition) is 2. The van der Waals surface area contributed by atoms with E-state index in [0.29, 0.717) is 11.5 Å². The van der Waals surface area contributed by atoms with E-state index in [4.69, 9.17) is 21.7 Å². The zero-order chi connectivity index (χ0) is 18.7. The Bertz CT molecular complexity index is 894. The number of ether oxygens (including phenoxy) is 2. The fourth-order valence-corrected chi connectivity index (χ4v) is 2.68. The Morgan fingerprint density at radius 1 is 1.27 bits per heavy atom. The third-order valence-electron chi connectivity index (χ3n) is 3.81. The van der Waals surface area contributed by atoms with E-state index in [1.807, 2.05) is 32.0 Å². The molecule has 134 valence electrons. The molecular weight excluding hydrogens is 356 g/mol. The third-order valence-corrected chi connectivity index (χ3v) is 4.00. The highest BCUT2D eigenvalue weighted by molar-refractivity contribution is 7.80. The number of nitrogens with zero attached hydrogens (tertiary/aromatic N) is 2. The van der Waals surface area contributed by atoms with Gasteiger partial charge in [-0.25, -0.2) is 0 Å². The molecule has 0 aromatic heterocycles. The molecule has 1 aliphatic rings. The lowest BCUT2D eigenvalue weighted by Crippen LogP contribution is -2.24. The quantitative estimate of drug-likeness (QED) is 0.368. The van der Waals surface area contributed by atoms with Crippen molar-refractivity contribution in [2.24, 2.45) is 5.10 Å². The van der Waals surface area contributed by atoms with Gasteiger partial charge in [-0.05, 0) is 43.3 Å². The minimum Gasteiger partial charge on any atom is -0.454 e. The van der Waals surface area contributed by atoms with Crippen molar-refractivity contribution in [2.75, 3.05) is 12.1 Å². The SMILES string of the molecule is Cc1cccc(C)c1NC(=S)N/N=C/c1cc2c(cc1[N+](=O)[O-])OCO2. The largest absolute Gasteiger partial charge is 0.454 e. The summed E-state index contributed by atoms with van der Waals surface area (Å²) in [5, 5.41) is 18.6. The van der Waals surface area contributed by atoms with Crippen LogP contribution in [0.1, 0.15) is 16.7 Å². The summed E-state index contributed by atoms with van der Waals surface area (Å²) in [6.45, 7) is 3.98. The van der Waals surface area contributed by atoms with E-state index >= 15 is 0 Å². The first-order valence-electron chi connectivity index (χ1n) is 7.70. The lowest BCUT2D eigenvalue weighted by molar-refractivity contribution is -0.385. The fraction of sp³-hybridized carbons (Fsp3) is 0.176. The Balaban J connectivity index is 1.72. The maximum atomic E-state index is 11.2. The van der Waals surface area contributed by atoms with Crippen molar-refractivity contribution in [3.05, 3.63) is 57.1 Å². The highest BCUT2D eigenvalue weighted by atomic mass is 32.1. The summed E-state index contributed by atoms with van der Waals surface area (Å²) < 4.78 is 10.4. The number of fused-ring (bicyclic) bond motifs is 1. The number of benzene rings is 2. The maximum Gasteiger partial charge on any atom is 0.282 e. The topological polar surface area (TPSA) is 98.0 Å². The van der Waals surface area contributed by atoms with Crippen LogP contribution in [0.15, 0.2) is 35.4 Å². The van der Waals surface area contributed by atoms with Crippen LogP contribution in [0, 0.1) is 24.0 Å². The van der Waals surface area contributed by atoms with Gasteiger partial charge in [-0.3, -0.25) is 15.5 Å². The zero-order valence-corrected chi connectivity index (χ0v) is 14.9. The summed E-state index contributed by atoms with van der Waals surface area (Å²) in [7, 11) is 0. The molecule has 0 atom stereocenters. The second kappa shape index (κ2) is 7.36. The third kappa shape index (κ3) is 3.72. The summed E-state index contributed by atoms with van der Waals surface area (Å²) in [5.74, 6) is 0.780. The van der Waals surface area contributed by atoms with Crippen LogP contribution in [-0.4, -0.2) is 23.0 Å². The van der Waals surface area contributed by atoms with Gasteiger partial charge in [0.15, 0.2) is 16.6 Å². The van der Waals surface area contributed by atoms with Crippen molar-refractivity contribution in [3.8, 4) is 11.5 Å². The summed E-state index contributed by atoms with van der Waals surface area (Å²) in [6.07, 6.45) is 1.32. The van der Waals surface area contributed by atoms with Crippen LogP contribution >= 0.6 is 12.2 Å². The van der Waals surface area contributed by atoms with Crippen LogP contribution in [0.2, 0.25) is 0 Å². The number of anilines is 1. The van der Waals surface area contributed by atoms with E-state index in [1.165, 1.54) is 18.3 Å². The van der Waals surface area contributed by atoms with Gasteiger partial charge >= 0.3 is 0 Å². The second-order valence-corrected chi connectivity index (χ2v) is 6.02. The molecule has 0 amide bonds. The summed E-state index contributed by atoms with van der Waals surface area (Å²) in [6, 6.07) is 8.72. The molecule has 0 fully saturated rings. The number of thiocarbonyl (C=S) groups is 1. The molecule has 1 heterocycles. The Morgan fingerprint density at radius 2 is 1.92 bits per heavy atom. The van der Waals surface area contributed by atoms with E-state index in [0.717, 1.165) is 16.8 Å². The first kappa shape index (κ1) is 17.6. The number of hydrogen-bond acceptors (Lipinski definition) is 6. The van der Waals surface area contributed by atoms with E-state index < -0.39 is 4.92 Å². The monoisotopic (exact) mass is 372 g/mol. The number of hydrazone groups is 1. The van der Waals surface area contributed by atoms with Gasteiger partial charge in [0, 0.05) is 5.69 Å². The number of rotatable bonds is 4. The molecular formula is C17H16N4O4S. The smallest absolute Gasteiger partial charge is 0.282 e. The van der Waals surface area contributed by atoms with Crippen molar-refractivity contribution in [3.63, 3.8) is 0 Å². The molecule has 2 N–H and O–H groups in total. The van der Waals surface area contributed by atoms with Crippen molar-refractivity contribution in [2.45, 2.75) is 13.8 Å². The van der Waals surface area contributed by atoms with Crippen LogP contribution in [0.25, 0.3) is 0 Å². The van der Waals surface area contributed by atoms with Gasteiger partial charge in [-0.1, -0.05) is 18.2 Å². The number of aryl methyl sites for hydroxylation is 2. The van der Waals surface area contributed by atoms with E-state index in [-0.39, 0.29) is 23.2 Å². The van der Waals surface area contributed by atoms with Crippen molar-refractivity contribution in [1.82, 2.24) is 5.43 Å². The summed E-state index contributed by atoms with van der Waals surface area (Å²) in [5.41, 5.74) is 5.80. The number of nitro groups is 1. The maximum absolute atomic E-state index is 11.2. The van der Waals surface area contributed by atoms with E-state index in [1.54, 1.807) is 0 Å². The Morgan fingerprint density at radius 3 is 2.58 bits per heavy atom. The van der Waals surface area contributed by atoms with Crippen LogP contribution in [0.4, 0.5) is 11.4 Å². The molecule has 0 unspecified atom stereocenters. The normalized spacial score (nSPS) is 12.2. The Kier molecular flexibility index (Phi) is 4.99. The first-order valence-corrected chi connectivity index (χ1v) is 8.11. The molecule has 0 spiro atoms. The zero-order valence-electron chi connectivity index (χ0n) is 14.1. The molecule has 0 bridgehead atoms. The Hall–Kier alpha value is -3.20. The second-order valence-electron chi connectivity index (χ2n) is 5.61. The van der Waals surface area contributed by atoms with Gasteiger partial charge in [-0.15, -0.1) is 0 Å². The number of nitro benzene ring substituents is 1. The van der Waals surface area contributed by atoms with Crippen LogP contribution in [0.5, 0.6) is 11.5 Å². The minimum atomic E-state index is -0.503. The molecule has 0 saturated heterocycles. The predicted octanol–water partition coefficient (Wildman–Crippen LogP) is 3.26. The number of nitrogens with one attached hydrogen (secondary N) is 2. The highest BCUT2D eigenvalue weighted by Crippen LogP contribution is 2.37. The Labute approximate surface area is 155 Å². The molecule has 26 heavy (non-hydrogen) atoms. The standard InChI is InChI=1S/C17H16N4O4S/c1-10-4-3-5-11(2)16(10)19-17(26)20-18-8-12-6-14-15(25-9-24-14)7-13(12)21(22)23/h3-8H,9H2,1-2H3,(H2,19,20,26)/b18-8+. The summed E-state index contributed by atoms with van der Waals surface area (Å²) >= 11 is 5.22. The van der Waals surface area contributed by atoms with Gasteiger partial charge in [-0.2, -0.15) is 5.10 Å². The molecule has 0 radical (unpaired) electrons. The van der Waals surface area contributed by atoms with Crippen molar-refractivity contribution in [1.29, 1.82) is 0 Å².